The van der Waals surface area contributed by atoms with Crippen molar-refractivity contribution in [2.24, 2.45) is 5.92 Å². The van der Waals surface area contributed by atoms with Gasteiger partial charge in [-0.1, -0.05) is 6.07 Å². The number of nitrogens with one attached hydrogen (secondary N) is 1. The van der Waals surface area contributed by atoms with Crippen LogP contribution in [-0.2, 0) is 11.3 Å². The van der Waals surface area contributed by atoms with Crippen LogP contribution in [0.5, 0.6) is 11.5 Å². The van der Waals surface area contributed by atoms with Gasteiger partial charge in [-0.2, -0.15) is 0 Å². The van der Waals surface area contributed by atoms with E-state index in [9.17, 15) is 0 Å². The van der Waals surface area contributed by atoms with Crippen LogP contribution < -0.4 is 14.8 Å². The van der Waals surface area contributed by atoms with Crippen molar-refractivity contribution in [2.75, 3.05) is 26.6 Å². The Labute approximate surface area is 114 Å². The predicted octanol–water partition coefficient (Wildman–Crippen LogP) is 2.32. The van der Waals surface area contributed by atoms with Crippen LogP contribution in [0, 0.1) is 5.92 Å². The smallest absolute Gasteiger partial charge is 0.231 e. The standard InChI is InChI=1S/C15H21NO3/c1(7-17-10-12-2-3-12)6-16-9-13-4-5-14-15(8-13)19-11-18-14/h4-5,8,12,16H,1-3,6-7,9-11H2. The molecule has 104 valence electrons. The molecular formula is C15H21NO3. The summed E-state index contributed by atoms with van der Waals surface area (Å²) in [6, 6.07) is 6.08. The first-order chi connectivity index (χ1) is 9.42. The highest BCUT2D eigenvalue weighted by Crippen LogP contribution is 2.32. The zero-order chi connectivity index (χ0) is 12.9. The number of rotatable bonds is 8. The summed E-state index contributed by atoms with van der Waals surface area (Å²) in [6.07, 6.45) is 3.79. The number of fused-ring (bicyclic) bond motifs is 1. The van der Waals surface area contributed by atoms with Gasteiger partial charge in [-0.15, -0.1) is 0 Å². The molecule has 0 amide bonds. The first kappa shape index (κ1) is 12.8. The molecule has 1 heterocycles. The van der Waals surface area contributed by atoms with Gasteiger partial charge < -0.3 is 19.5 Å². The first-order valence-corrected chi connectivity index (χ1v) is 7.09. The lowest BCUT2D eigenvalue weighted by Gasteiger charge is -2.06. The first-order valence-electron chi connectivity index (χ1n) is 7.09. The van der Waals surface area contributed by atoms with Crippen LogP contribution in [0.3, 0.4) is 0 Å². The van der Waals surface area contributed by atoms with Crippen LogP contribution in [0.1, 0.15) is 24.8 Å². The van der Waals surface area contributed by atoms with Gasteiger partial charge in [-0.3, -0.25) is 0 Å². The lowest BCUT2D eigenvalue weighted by Crippen LogP contribution is -2.16. The van der Waals surface area contributed by atoms with Crippen molar-refractivity contribution < 1.29 is 14.2 Å². The summed E-state index contributed by atoms with van der Waals surface area (Å²) in [5.41, 5.74) is 1.23. The minimum atomic E-state index is 0.338. The van der Waals surface area contributed by atoms with Gasteiger partial charge >= 0.3 is 0 Å². The Bertz CT molecular complexity index is 418. The average Bonchev–Trinajstić information content (AvgIpc) is 3.13. The Morgan fingerprint density at radius 2 is 2.11 bits per heavy atom. The van der Waals surface area contributed by atoms with Crippen molar-refractivity contribution in [1.29, 1.82) is 0 Å². The molecule has 1 N–H and O–H groups in total. The molecule has 0 aromatic heterocycles. The molecule has 0 unspecified atom stereocenters. The molecule has 1 saturated carbocycles. The van der Waals surface area contributed by atoms with E-state index < -0.39 is 0 Å². The molecule has 3 rings (SSSR count). The normalized spacial score (nSPS) is 16.8. The Morgan fingerprint density at radius 3 is 3.00 bits per heavy atom. The summed E-state index contributed by atoms with van der Waals surface area (Å²) < 4.78 is 16.2. The molecule has 4 nitrogen and oxygen atoms in total. The second kappa shape index (κ2) is 6.26. The van der Waals surface area contributed by atoms with Crippen LogP contribution in [0.15, 0.2) is 18.2 Å². The summed E-state index contributed by atoms with van der Waals surface area (Å²) in [6.45, 7) is 4.01. The van der Waals surface area contributed by atoms with Crippen molar-refractivity contribution in [3.05, 3.63) is 23.8 Å². The molecule has 4 heteroatoms. The maximum absolute atomic E-state index is 5.59. The van der Waals surface area contributed by atoms with Crippen molar-refractivity contribution in [1.82, 2.24) is 5.32 Å². The van der Waals surface area contributed by atoms with E-state index >= 15 is 0 Å². The fraction of sp³-hybridized carbons (Fsp3) is 0.600. The van der Waals surface area contributed by atoms with Gasteiger partial charge in [0.1, 0.15) is 0 Å². The van der Waals surface area contributed by atoms with Gasteiger partial charge in [-0.05, 0) is 49.4 Å². The summed E-state index contributed by atoms with van der Waals surface area (Å²) >= 11 is 0. The average molecular weight is 263 g/mol. The zero-order valence-electron chi connectivity index (χ0n) is 11.2. The van der Waals surface area contributed by atoms with E-state index in [1.54, 1.807) is 0 Å². The molecule has 19 heavy (non-hydrogen) atoms. The number of benzene rings is 1. The quantitative estimate of drug-likeness (QED) is 0.731. The third kappa shape index (κ3) is 3.85. The second-order valence-electron chi connectivity index (χ2n) is 5.24. The maximum atomic E-state index is 5.59. The summed E-state index contributed by atoms with van der Waals surface area (Å²) in [4.78, 5) is 0. The highest BCUT2D eigenvalue weighted by molar-refractivity contribution is 5.44. The fourth-order valence-electron chi connectivity index (χ4n) is 2.12. The van der Waals surface area contributed by atoms with Crippen LogP contribution in [-0.4, -0.2) is 26.6 Å². The zero-order valence-corrected chi connectivity index (χ0v) is 11.2. The van der Waals surface area contributed by atoms with Crippen molar-refractivity contribution in [3.8, 4) is 11.5 Å². The molecule has 0 bridgehead atoms. The van der Waals surface area contributed by atoms with Crippen molar-refractivity contribution >= 4 is 0 Å². The molecule has 1 aromatic carbocycles. The van der Waals surface area contributed by atoms with Crippen molar-refractivity contribution in [3.63, 3.8) is 0 Å². The predicted molar refractivity (Wildman–Crippen MR) is 72.4 cm³/mol. The lowest BCUT2D eigenvalue weighted by molar-refractivity contribution is 0.122. The van der Waals surface area contributed by atoms with E-state index in [4.69, 9.17) is 14.2 Å². The third-order valence-electron chi connectivity index (χ3n) is 3.46. The molecule has 0 radical (unpaired) electrons. The minimum Gasteiger partial charge on any atom is -0.454 e. The topological polar surface area (TPSA) is 39.7 Å². The molecule has 1 aliphatic heterocycles. The molecule has 0 spiro atoms. The monoisotopic (exact) mass is 263 g/mol. The Hall–Kier alpha value is -1.26. The number of hydrogen-bond acceptors (Lipinski definition) is 4. The third-order valence-corrected chi connectivity index (χ3v) is 3.46. The van der Waals surface area contributed by atoms with Crippen LogP contribution in [0.2, 0.25) is 0 Å². The Kier molecular flexibility index (Phi) is 4.20. The molecule has 1 fully saturated rings. The van der Waals surface area contributed by atoms with Crippen LogP contribution >= 0.6 is 0 Å². The van der Waals surface area contributed by atoms with E-state index in [0.717, 1.165) is 50.1 Å². The molecular weight excluding hydrogens is 242 g/mol. The largest absolute Gasteiger partial charge is 0.454 e. The fourth-order valence-corrected chi connectivity index (χ4v) is 2.12. The Morgan fingerprint density at radius 1 is 1.21 bits per heavy atom. The van der Waals surface area contributed by atoms with Gasteiger partial charge in [0.25, 0.3) is 0 Å². The summed E-state index contributed by atoms with van der Waals surface area (Å²) in [7, 11) is 0. The highest BCUT2D eigenvalue weighted by Gasteiger charge is 2.20. The number of hydrogen-bond donors (Lipinski definition) is 1. The van der Waals surface area contributed by atoms with E-state index in [-0.39, 0.29) is 0 Å². The summed E-state index contributed by atoms with van der Waals surface area (Å²) in [5, 5.41) is 3.42. The summed E-state index contributed by atoms with van der Waals surface area (Å²) in [5.74, 6) is 2.56. The van der Waals surface area contributed by atoms with Gasteiger partial charge in [0.15, 0.2) is 11.5 Å². The van der Waals surface area contributed by atoms with Crippen LogP contribution in [0.25, 0.3) is 0 Å². The SMILES string of the molecule is c1cc2c(cc1CNCCCOCC1CC1)OCO2. The highest BCUT2D eigenvalue weighted by atomic mass is 16.7. The van der Waals surface area contributed by atoms with E-state index in [2.05, 4.69) is 11.4 Å². The molecule has 0 atom stereocenters. The van der Waals surface area contributed by atoms with E-state index in [0.29, 0.717) is 6.79 Å². The molecule has 0 saturated heterocycles. The van der Waals surface area contributed by atoms with Crippen LogP contribution in [0.4, 0.5) is 0 Å². The van der Waals surface area contributed by atoms with Gasteiger partial charge in [-0.25, -0.2) is 0 Å². The van der Waals surface area contributed by atoms with Crippen molar-refractivity contribution in [2.45, 2.75) is 25.8 Å². The van der Waals surface area contributed by atoms with Gasteiger partial charge in [0, 0.05) is 19.8 Å². The molecule has 1 aromatic rings. The lowest BCUT2D eigenvalue weighted by atomic mass is 10.2. The van der Waals surface area contributed by atoms with Gasteiger partial charge in [0.05, 0.1) is 0 Å². The van der Waals surface area contributed by atoms with Gasteiger partial charge in [0.2, 0.25) is 6.79 Å². The second-order valence-corrected chi connectivity index (χ2v) is 5.24. The van der Waals surface area contributed by atoms with E-state index in [1.165, 1.54) is 18.4 Å². The maximum Gasteiger partial charge on any atom is 0.231 e. The number of ether oxygens (including phenoxy) is 3. The molecule has 1 aliphatic carbocycles. The Balaban J connectivity index is 1.29. The minimum absolute atomic E-state index is 0.338. The van der Waals surface area contributed by atoms with E-state index in [1.807, 2.05) is 12.1 Å². The molecule has 2 aliphatic rings.